The molecule has 1 amide bonds. The third kappa shape index (κ3) is 4.23. The predicted octanol–water partition coefficient (Wildman–Crippen LogP) is 4.26. The summed E-state index contributed by atoms with van der Waals surface area (Å²) < 4.78 is 38.3. The Bertz CT molecular complexity index is 862. The molecule has 30 heavy (non-hydrogen) atoms. The lowest BCUT2D eigenvalue weighted by atomic mass is 9.87. The van der Waals surface area contributed by atoms with Crippen molar-refractivity contribution in [1.29, 1.82) is 0 Å². The highest BCUT2D eigenvalue weighted by Gasteiger charge is 2.39. The number of anilines is 1. The Morgan fingerprint density at radius 3 is 2.13 bits per heavy atom. The van der Waals surface area contributed by atoms with Gasteiger partial charge in [0.15, 0.2) is 0 Å². The second kappa shape index (κ2) is 8.40. The Balaban J connectivity index is 1.36. The number of likely N-dealkylation sites (tertiary alicyclic amines) is 1. The molecule has 2 aromatic carbocycles. The lowest BCUT2D eigenvalue weighted by molar-refractivity contribution is -0.137. The standard InChI is InChI=1S/C23H25F3N2O2/c24-23(25,26)18-6-8-19(9-7-18)28-15-12-20(22(28)30)27-13-10-17(11-14-27)21(29)16-4-2-1-3-5-16/h1-9,17,20-21,29H,10-15H2. The molecule has 160 valence electrons. The van der Waals surface area contributed by atoms with Gasteiger partial charge in [0.2, 0.25) is 5.91 Å². The predicted molar refractivity (Wildman–Crippen MR) is 108 cm³/mol. The molecular formula is C23H25F3N2O2. The van der Waals surface area contributed by atoms with Gasteiger partial charge in [-0.3, -0.25) is 9.69 Å². The largest absolute Gasteiger partial charge is 0.416 e. The third-order valence-corrected chi connectivity index (χ3v) is 6.29. The van der Waals surface area contributed by atoms with Crippen LogP contribution in [-0.2, 0) is 11.0 Å². The Labute approximate surface area is 173 Å². The molecule has 0 aromatic heterocycles. The average molecular weight is 418 g/mol. The first-order valence-electron chi connectivity index (χ1n) is 10.3. The van der Waals surface area contributed by atoms with Gasteiger partial charge in [-0.1, -0.05) is 30.3 Å². The number of carbonyl (C=O) groups excluding carboxylic acids is 1. The van der Waals surface area contributed by atoms with Gasteiger partial charge in [0.1, 0.15) is 0 Å². The van der Waals surface area contributed by atoms with E-state index in [1.807, 2.05) is 30.3 Å². The van der Waals surface area contributed by atoms with Crippen molar-refractivity contribution in [2.24, 2.45) is 5.92 Å². The summed E-state index contributed by atoms with van der Waals surface area (Å²) in [4.78, 5) is 16.7. The molecule has 0 radical (unpaired) electrons. The molecule has 2 fully saturated rings. The lowest BCUT2D eigenvalue weighted by Crippen LogP contribution is -2.46. The van der Waals surface area contributed by atoms with Crippen molar-refractivity contribution in [3.63, 3.8) is 0 Å². The van der Waals surface area contributed by atoms with Gasteiger partial charge in [0.25, 0.3) is 0 Å². The highest BCUT2D eigenvalue weighted by molar-refractivity contribution is 5.99. The van der Waals surface area contributed by atoms with Crippen LogP contribution in [0.4, 0.5) is 18.9 Å². The Morgan fingerprint density at radius 1 is 0.900 bits per heavy atom. The molecule has 2 heterocycles. The molecule has 7 heteroatoms. The highest BCUT2D eigenvalue weighted by Crippen LogP contribution is 2.34. The van der Waals surface area contributed by atoms with Crippen LogP contribution in [0.5, 0.6) is 0 Å². The number of aliphatic hydroxyl groups is 1. The van der Waals surface area contributed by atoms with Crippen LogP contribution in [0.2, 0.25) is 0 Å². The van der Waals surface area contributed by atoms with Crippen molar-refractivity contribution >= 4 is 11.6 Å². The third-order valence-electron chi connectivity index (χ3n) is 6.29. The van der Waals surface area contributed by atoms with E-state index in [0.717, 1.165) is 43.6 Å². The molecule has 4 nitrogen and oxygen atoms in total. The summed E-state index contributed by atoms with van der Waals surface area (Å²) in [5.41, 5.74) is 0.708. The van der Waals surface area contributed by atoms with Crippen molar-refractivity contribution in [3.8, 4) is 0 Å². The number of rotatable bonds is 4. The molecule has 2 unspecified atom stereocenters. The molecule has 0 spiro atoms. The van der Waals surface area contributed by atoms with E-state index in [9.17, 15) is 23.1 Å². The molecule has 2 saturated heterocycles. The minimum absolute atomic E-state index is 0.0585. The summed E-state index contributed by atoms with van der Waals surface area (Å²) in [6, 6.07) is 14.1. The number of amides is 1. The molecule has 0 aliphatic carbocycles. The molecule has 0 saturated carbocycles. The summed E-state index contributed by atoms with van der Waals surface area (Å²) >= 11 is 0. The molecule has 1 N–H and O–H groups in total. The van der Waals surface area contributed by atoms with Gasteiger partial charge in [-0.2, -0.15) is 13.2 Å². The number of benzene rings is 2. The smallest absolute Gasteiger partial charge is 0.388 e. The van der Waals surface area contributed by atoms with Crippen LogP contribution in [0.3, 0.4) is 0 Å². The quantitative estimate of drug-likeness (QED) is 0.807. The van der Waals surface area contributed by atoms with Crippen molar-refractivity contribution in [3.05, 3.63) is 65.7 Å². The Kier molecular flexibility index (Phi) is 5.84. The monoisotopic (exact) mass is 418 g/mol. The number of hydrogen-bond donors (Lipinski definition) is 1. The zero-order chi connectivity index (χ0) is 21.3. The molecule has 0 bridgehead atoms. The maximum atomic E-state index is 12.9. The van der Waals surface area contributed by atoms with Crippen molar-refractivity contribution in [1.82, 2.24) is 4.90 Å². The van der Waals surface area contributed by atoms with Gasteiger partial charge in [0.05, 0.1) is 17.7 Å². The van der Waals surface area contributed by atoms with Crippen molar-refractivity contribution in [2.45, 2.75) is 37.6 Å². The summed E-state index contributed by atoms with van der Waals surface area (Å²) in [5.74, 6) is 0.1000. The highest BCUT2D eigenvalue weighted by atomic mass is 19.4. The van der Waals surface area contributed by atoms with E-state index in [-0.39, 0.29) is 17.9 Å². The minimum Gasteiger partial charge on any atom is -0.388 e. The van der Waals surface area contributed by atoms with Gasteiger partial charge in [-0.25, -0.2) is 0 Å². The molecule has 2 aromatic rings. The maximum Gasteiger partial charge on any atom is 0.416 e. The number of nitrogens with zero attached hydrogens (tertiary/aromatic N) is 2. The van der Waals surface area contributed by atoms with E-state index in [1.54, 1.807) is 4.90 Å². The Morgan fingerprint density at radius 2 is 1.53 bits per heavy atom. The summed E-state index contributed by atoms with van der Waals surface area (Å²) in [6.45, 7) is 1.96. The molecule has 4 rings (SSSR count). The van der Waals surface area contributed by atoms with E-state index in [4.69, 9.17) is 0 Å². The minimum atomic E-state index is -4.38. The van der Waals surface area contributed by atoms with Crippen LogP contribution in [0.1, 0.15) is 36.5 Å². The van der Waals surface area contributed by atoms with Gasteiger partial charge in [0, 0.05) is 12.2 Å². The molecule has 2 atom stereocenters. The van der Waals surface area contributed by atoms with Gasteiger partial charge in [-0.15, -0.1) is 0 Å². The Hall–Kier alpha value is -2.38. The van der Waals surface area contributed by atoms with Crippen LogP contribution in [0.25, 0.3) is 0 Å². The van der Waals surface area contributed by atoms with E-state index in [2.05, 4.69) is 4.90 Å². The first kappa shape index (κ1) is 20.9. The topological polar surface area (TPSA) is 43.8 Å². The average Bonchev–Trinajstić information content (AvgIpc) is 3.15. The lowest BCUT2D eigenvalue weighted by Gasteiger charge is -2.37. The van der Waals surface area contributed by atoms with Gasteiger partial charge >= 0.3 is 6.18 Å². The molecular weight excluding hydrogens is 393 g/mol. The first-order chi connectivity index (χ1) is 14.3. The van der Waals surface area contributed by atoms with Crippen LogP contribution in [0, 0.1) is 5.92 Å². The maximum absolute atomic E-state index is 12.9. The molecule has 2 aliphatic heterocycles. The summed E-state index contributed by atoms with van der Waals surface area (Å²) in [7, 11) is 0. The normalized spacial score (nSPS) is 22.5. The van der Waals surface area contributed by atoms with Crippen LogP contribution >= 0.6 is 0 Å². The number of aliphatic hydroxyl groups excluding tert-OH is 1. The van der Waals surface area contributed by atoms with Crippen molar-refractivity contribution < 1.29 is 23.1 Å². The fourth-order valence-electron chi connectivity index (χ4n) is 4.56. The van der Waals surface area contributed by atoms with Crippen LogP contribution < -0.4 is 4.90 Å². The fraction of sp³-hybridized carbons (Fsp3) is 0.435. The van der Waals surface area contributed by atoms with Crippen LogP contribution in [0.15, 0.2) is 54.6 Å². The second-order valence-electron chi connectivity index (χ2n) is 8.07. The second-order valence-corrected chi connectivity index (χ2v) is 8.07. The number of carbonyl (C=O) groups is 1. The van der Waals surface area contributed by atoms with E-state index in [1.165, 1.54) is 12.1 Å². The number of halogens is 3. The van der Waals surface area contributed by atoms with Crippen LogP contribution in [-0.4, -0.2) is 41.6 Å². The molecule has 2 aliphatic rings. The summed E-state index contributed by atoms with van der Waals surface area (Å²) in [5, 5.41) is 10.6. The van der Waals surface area contributed by atoms with E-state index in [0.29, 0.717) is 18.7 Å². The fourth-order valence-corrected chi connectivity index (χ4v) is 4.56. The summed E-state index contributed by atoms with van der Waals surface area (Å²) in [6.07, 6.45) is -2.62. The van der Waals surface area contributed by atoms with Gasteiger partial charge < -0.3 is 10.0 Å². The van der Waals surface area contributed by atoms with E-state index >= 15 is 0 Å². The van der Waals surface area contributed by atoms with Crippen molar-refractivity contribution in [2.75, 3.05) is 24.5 Å². The number of hydrogen-bond acceptors (Lipinski definition) is 3. The zero-order valence-corrected chi connectivity index (χ0v) is 16.6. The van der Waals surface area contributed by atoms with E-state index < -0.39 is 17.8 Å². The zero-order valence-electron chi connectivity index (χ0n) is 16.6. The SMILES string of the molecule is O=C1C(N2CCC(C(O)c3ccccc3)CC2)CCN1c1ccc(C(F)(F)F)cc1. The first-order valence-corrected chi connectivity index (χ1v) is 10.3. The number of alkyl halides is 3. The van der Waals surface area contributed by atoms with Gasteiger partial charge in [-0.05, 0) is 68.1 Å². The number of piperidine rings is 1.